The van der Waals surface area contributed by atoms with Gasteiger partial charge in [0.15, 0.2) is 21.5 Å². The van der Waals surface area contributed by atoms with E-state index < -0.39 is 36.7 Å². The van der Waals surface area contributed by atoms with Crippen LogP contribution in [-0.2, 0) is 25.9 Å². The Morgan fingerprint density at radius 2 is 1.76 bits per heavy atom. The zero-order valence-electron chi connectivity index (χ0n) is 16.9. The van der Waals surface area contributed by atoms with Crippen molar-refractivity contribution in [2.45, 2.75) is 23.2 Å². The summed E-state index contributed by atoms with van der Waals surface area (Å²) in [6.45, 7) is 1.42. The van der Waals surface area contributed by atoms with Crippen LogP contribution in [0.5, 0.6) is 0 Å². The maximum absolute atomic E-state index is 13.0. The Morgan fingerprint density at radius 1 is 1.03 bits per heavy atom. The molecule has 0 unspecified atom stereocenters. The third kappa shape index (κ3) is 4.30. The molecule has 0 aliphatic heterocycles. The number of halogens is 3. The van der Waals surface area contributed by atoms with Gasteiger partial charge in [-0.3, -0.25) is 4.98 Å². The van der Waals surface area contributed by atoms with Gasteiger partial charge in [0.2, 0.25) is 9.84 Å². The minimum absolute atomic E-state index is 0.0103. The fourth-order valence-electron chi connectivity index (χ4n) is 2.83. The van der Waals surface area contributed by atoms with Gasteiger partial charge in [-0.25, -0.2) is 36.2 Å². The number of alkyl halides is 3. The number of nitrogens with zero attached hydrogens (tertiary/aromatic N) is 7. The zero-order chi connectivity index (χ0) is 24.2. The summed E-state index contributed by atoms with van der Waals surface area (Å²) in [7, 11) is -7.53. The van der Waals surface area contributed by atoms with Crippen LogP contribution in [-0.4, -0.2) is 63.4 Å². The van der Waals surface area contributed by atoms with Crippen LogP contribution in [0.3, 0.4) is 0 Å². The molecule has 4 aromatic heterocycles. The molecule has 0 aromatic carbocycles. The summed E-state index contributed by atoms with van der Waals surface area (Å²) < 4.78 is 89.6. The van der Waals surface area contributed by atoms with Gasteiger partial charge in [0.25, 0.3) is 5.16 Å². The number of aromatic nitrogens is 7. The maximum atomic E-state index is 13.0. The van der Waals surface area contributed by atoms with Gasteiger partial charge in [0.05, 0.1) is 11.3 Å². The van der Waals surface area contributed by atoms with Gasteiger partial charge >= 0.3 is 6.18 Å². The van der Waals surface area contributed by atoms with Gasteiger partial charge in [-0.1, -0.05) is 6.92 Å². The molecule has 0 amide bonds. The highest BCUT2D eigenvalue weighted by molar-refractivity contribution is 7.91. The van der Waals surface area contributed by atoms with Crippen LogP contribution in [0.1, 0.15) is 12.6 Å². The molecule has 0 N–H and O–H groups in total. The van der Waals surface area contributed by atoms with E-state index in [9.17, 15) is 30.0 Å². The van der Waals surface area contributed by atoms with E-state index in [1.54, 1.807) is 0 Å². The van der Waals surface area contributed by atoms with Crippen molar-refractivity contribution in [3.05, 3.63) is 42.6 Å². The van der Waals surface area contributed by atoms with E-state index in [4.69, 9.17) is 0 Å². The van der Waals surface area contributed by atoms with Crippen LogP contribution < -0.4 is 0 Å². The Hall–Kier alpha value is -3.40. The number of pyridine rings is 2. The molecule has 11 nitrogen and oxygen atoms in total. The molecular formula is C17H14F3N7O4S2. The number of fused-ring (bicyclic) bond motifs is 1. The Kier molecular flexibility index (Phi) is 5.24. The van der Waals surface area contributed by atoms with Crippen molar-refractivity contribution >= 4 is 30.6 Å². The lowest BCUT2D eigenvalue weighted by atomic mass is 10.3. The summed E-state index contributed by atoms with van der Waals surface area (Å²) in [6.07, 6.45) is -0.435. The average Bonchev–Trinajstić information content (AvgIpc) is 3.39. The van der Waals surface area contributed by atoms with E-state index in [1.165, 1.54) is 25.3 Å². The molecule has 0 saturated heterocycles. The quantitative estimate of drug-likeness (QED) is 0.398. The fraction of sp³-hybridized carbons (Fsp3) is 0.235. The number of sulfone groups is 2. The van der Waals surface area contributed by atoms with Gasteiger partial charge in [-0.2, -0.15) is 18.3 Å². The van der Waals surface area contributed by atoms with E-state index in [2.05, 4.69) is 25.1 Å². The zero-order valence-corrected chi connectivity index (χ0v) is 18.5. The van der Waals surface area contributed by atoms with Crippen LogP contribution in [0.25, 0.3) is 22.5 Å². The van der Waals surface area contributed by atoms with Crippen LogP contribution in [0.15, 0.2) is 47.0 Å². The van der Waals surface area contributed by atoms with Crippen molar-refractivity contribution in [3.63, 3.8) is 0 Å². The van der Waals surface area contributed by atoms with Crippen molar-refractivity contribution in [2.24, 2.45) is 0 Å². The highest BCUT2D eigenvalue weighted by Crippen LogP contribution is 2.30. The standard InChI is InChI=1S/C17H14F3N7O4S2/c1-3-33(30,31)12-4-5-14(27-9-22-16(25-27)32(2,28)29)23-15(12)26-8-10-7-21-13(17(18,19)20)6-11(10)24-26/h4-9H,3H2,1-2H3. The first-order valence-electron chi connectivity index (χ1n) is 9.08. The molecule has 0 bridgehead atoms. The molecular weight excluding hydrogens is 487 g/mol. The third-order valence-electron chi connectivity index (χ3n) is 4.47. The van der Waals surface area contributed by atoms with E-state index in [0.29, 0.717) is 0 Å². The minimum Gasteiger partial charge on any atom is -0.251 e. The fourth-order valence-corrected chi connectivity index (χ4v) is 4.30. The highest BCUT2D eigenvalue weighted by Gasteiger charge is 2.33. The monoisotopic (exact) mass is 501 g/mol. The SMILES string of the molecule is CCS(=O)(=O)c1ccc(-n2cnc(S(C)(=O)=O)n2)nc1-n1cc2cnc(C(F)(F)F)cc2n1. The van der Waals surface area contributed by atoms with Crippen molar-refractivity contribution in [3.8, 4) is 11.6 Å². The Morgan fingerprint density at radius 3 is 2.36 bits per heavy atom. The largest absolute Gasteiger partial charge is 0.433 e. The molecule has 33 heavy (non-hydrogen) atoms. The predicted molar refractivity (Wildman–Crippen MR) is 107 cm³/mol. The lowest BCUT2D eigenvalue weighted by Crippen LogP contribution is -2.13. The van der Waals surface area contributed by atoms with E-state index in [0.717, 1.165) is 34.2 Å². The molecule has 0 fully saturated rings. The molecule has 4 rings (SSSR count). The minimum atomic E-state index is -4.68. The number of hydrogen-bond acceptors (Lipinski definition) is 9. The van der Waals surface area contributed by atoms with E-state index in [-0.39, 0.29) is 33.2 Å². The topological polar surface area (TPSA) is 143 Å². The van der Waals surface area contributed by atoms with E-state index in [1.807, 2.05) is 0 Å². The molecule has 0 aliphatic rings. The molecule has 4 heterocycles. The number of hydrogen-bond donors (Lipinski definition) is 0. The first-order chi connectivity index (χ1) is 15.3. The highest BCUT2D eigenvalue weighted by atomic mass is 32.2. The summed E-state index contributed by atoms with van der Waals surface area (Å²) in [4.78, 5) is 11.1. The van der Waals surface area contributed by atoms with Crippen molar-refractivity contribution in [1.29, 1.82) is 0 Å². The van der Waals surface area contributed by atoms with Gasteiger partial charge in [-0.05, 0) is 18.2 Å². The lowest BCUT2D eigenvalue weighted by molar-refractivity contribution is -0.141. The predicted octanol–water partition coefficient (Wildman–Crippen LogP) is 1.61. The summed E-state index contributed by atoms with van der Waals surface area (Å²) in [6, 6.07) is 3.25. The molecule has 174 valence electrons. The van der Waals surface area contributed by atoms with Crippen LogP contribution in [0.4, 0.5) is 13.2 Å². The molecule has 0 atom stereocenters. The van der Waals surface area contributed by atoms with Gasteiger partial charge < -0.3 is 0 Å². The smallest absolute Gasteiger partial charge is 0.251 e. The lowest BCUT2D eigenvalue weighted by Gasteiger charge is -2.10. The average molecular weight is 501 g/mol. The summed E-state index contributed by atoms with van der Waals surface area (Å²) in [5.74, 6) is -0.477. The molecule has 0 aliphatic carbocycles. The van der Waals surface area contributed by atoms with E-state index >= 15 is 0 Å². The Balaban J connectivity index is 1.92. The second-order valence-electron chi connectivity index (χ2n) is 6.84. The Labute approximate surface area is 184 Å². The van der Waals surface area contributed by atoms with Crippen molar-refractivity contribution in [1.82, 2.24) is 34.5 Å². The molecule has 0 radical (unpaired) electrons. The molecule has 0 spiro atoms. The van der Waals surface area contributed by atoms with Crippen molar-refractivity contribution in [2.75, 3.05) is 12.0 Å². The third-order valence-corrected chi connectivity index (χ3v) is 7.07. The summed E-state index contributed by atoms with van der Waals surface area (Å²) in [5.41, 5.74) is -1.23. The Bertz CT molecular complexity index is 1590. The first-order valence-corrected chi connectivity index (χ1v) is 12.6. The van der Waals surface area contributed by atoms with Crippen molar-refractivity contribution < 1.29 is 30.0 Å². The molecule has 16 heteroatoms. The summed E-state index contributed by atoms with van der Waals surface area (Å²) in [5, 5.41) is 7.63. The molecule has 0 saturated carbocycles. The van der Waals surface area contributed by atoms with Crippen LogP contribution >= 0.6 is 0 Å². The van der Waals surface area contributed by atoms with Gasteiger partial charge in [0.1, 0.15) is 16.9 Å². The second kappa shape index (κ2) is 7.58. The first kappa shape index (κ1) is 22.8. The molecule has 4 aromatic rings. The second-order valence-corrected chi connectivity index (χ2v) is 11.0. The maximum Gasteiger partial charge on any atom is 0.433 e. The van der Waals surface area contributed by atoms with Gasteiger partial charge in [-0.15, -0.1) is 5.10 Å². The normalized spacial score (nSPS) is 13.0. The van der Waals surface area contributed by atoms with Crippen LogP contribution in [0.2, 0.25) is 0 Å². The van der Waals surface area contributed by atoms with Crippen LogP contribution in [0, 0.1) is 0 Å². The summed E-state index contributed by atoms with van der Waals surface area (Å²) >= 11 is 0. The van der Waals surface area contributed by atoms with Gasteiger partial charge in [0, 0.05) is 24.0 Å². The number of rotatable bonds is 5.